The summed E-state index contributed by atoms with van der Waals surface area (Å²) < 4.78 is 5.45. The fourth-order valence-electron chi connectivity index (χ4n) is 2.90. The summed E-state index contributed by atoms with van der Waals surface area (Å²) in [5.74, 6) is 0.709. The normalized spacial score (nSPS) is 18.8. The van der Waals surface area contributed by atoms with Gasteiger partial charge in [-0.25, -0.2) is 0 Å². The fraction of sp³-hybridized carbons (Fsp3) is 0.625. The molecule has 0 aromatic heterocycles. The van der Waals surface area contributed by atoms with E-state index in [0.717, 1.165) is 13.2 Å². The molecule has 0 bridgehead atoms. The quantitative estimate of drug-likeness (QED) is 0.861. The highest BCUT2D eigenvalue weighted by atomic mass is 16.5. The monoisotopic (exact) mass is 247 g/mol. The van der Waals surface area contributed by atoms with Crippen LogP contribution < -0.4 is 5.32 Å². The van der Waals surface area contributed by atoms with Gasteiger partial charge in [-0.15, -0.1) is 0 Å². The molecule has 1 aliphatic rings. The van der Waals surface area contributed by atoms with Crippen LogP contribution in [0.3, 0.4) is 0 Å². The first kappa shape index (κ1) is 13.6. The van der Waals surface area contributed by atoms with Crippen molar-refractivity contribution < 1.29 is 4.74 Å². The number of rotatable bonds is 5. The summed E-state index contributed by atoms with van der Waals surface area (Å²) in [6.45, 7) is 4.06. The van der Waals surface area contributed by atoms with Crippen molar-refractivity contribution in [3.63, 3.8) is 0 Å². The van der Waals surface area contributed by atoms with Gasteiger partial charge < -0.3 is 10.1 Å². The Kier molecular flexibility index (Phi) is 5.21. The summed E-state index contributed by atoms with van der Waals surface area (Å²) in [5, 5.41) is 3.48. The lowest BCUT2D eigenvalue weighted by atomic mass is 9.87. The van der Waals surface area contributed by atoms with E-state index in [1.54, 1.807) is 0 Å². The Labute approximate surface area is 111 Å². The standard InChI is InChI=1S/C16H25NO/c1-3-4-13-5-7-14(8-6-13)16(17-2)15-9-11-18-12-10-15/h5-8,15-17H,3-4,9-12H2,1-2H3. The van der Waals surface area contributed by atoms with Crippen LogP contribution in [0.4, 0.5) is 0 Å². The molecule has 1 heterocycles. The van der Waals surface area contributed by atoms with Crippen LogP contribution in [0.5, 0.6) is 0 Å². The molecular formula is C16H25NO. The van der Waals surface area contributed by atoms with Gasteiger partial charge in [0.25, 0.3) is 0 Å². The number of hydrogen-bond acceptors (Lipinski definition) is 2. The van der Waals surface area contributed by atoms with Crippen LogP contribution in [-0.4, -0.2) is 20.3 Å². The van der Waals surface area contributed by atoms with Crippen LogP contribution >= 0.6 is 0 Å². The lowest BCUT2D eigenvalue weighted by molar-refractivity contribution is 0.0546. The lowest BCUT2D eigenvalue weighted by Crippen LogP contribution is -2.29. The predicted molar refractivity (Wildman–Crippen MR) is 75.8 cm³/mol. The van der Waals surface area contributed by atoms with E-state index in [0.29, 0.717) is 12.0 Å². The Morgan fingerprint density at radius 3 is 2.44 bits per heavy atom. The van der Waals surface area contributed by atoms with Crippen LogP contribution in [0, 0.1) is 5.92 Å². The van der Waals surface area contributed by atoms with Gasteiger partial charge in [0, 0.05) is 19.3 Å². The second-order valence-electron chi connectivity index (χ2n) is 5.21. The fourth-order valence-corrected chi connectivity index (χ4v) is 2.90. The van der Waals surface area contributed by atoms with Gasteiger partial charge in [0.05, 0.1) is 0 Å². The van der Waals surface area contributed by atoms with Crippen molar-refractivity contribution in [2.75, 3.05) is 20.3 Å². The largest absolute Gasteiger partial charge is 0.381 e. The average Bonchev–Trinajstić information content (AvgIpc) is 2.43. The molecule has 0 amide bonds. The molecule has 18 heavy (non-hydrogen) atoms. The van der Waals surface area contributed by atoms with Gasteiger partial charge in [-0.2, -0.15) is 0 Å². The zero-order chi connectivity index (χ0) is 12.8. The smallest absolute Gasteiger partial charge is 0.0469 e. The number of hydrogen-bond donors (Lipinski definition) is 1. The molecule has 0 aliphatic carbocycles. The van der Waals surface area contributed by atoms with Crippen molar-refractivity contribution in [2.24, 2.45) is 5.92 Å². The topological polar surface area (TPSA) is 21.3 Å². The molecule has 1 atom stereocenters. The Morgan fingerprint density at radius 1 is 1.22 bits per heavy atom. The molecule has 1 fully saturated rings. The third kappa shape index (κ3) is 3.33. The van der Waals surface area contributed by atoms with Crippen LogP contribution in [0.25, 0.3) is 0 Å². The molecule has 0 spiro atoms. The van der Waals surface area contributed by atoms with E-state index in [-0.39, 0.29) is 0 Å². The molecule has 1 aromatic rings. The van der Waals surface area contributed by atoms with Crippen molar-refractivity contribution in [2.45, 2.75) is 38.6 Å². The van der Waals surface area contributed by atoms with Crippen molar-refractivity contribution in [1.82, 2.24) is 5.32 Å². The minimum absolute atomic E-state index is 0.476. The molecule has 2 rings (SSSR count). The van der Waals surface area contributed by atoms with Gasteiger partial charge in [0.1, 0.15) is 0 Å². The number of nitrogens with one attached hydrogen (secondary N) is 1. The van der Waals surface area contributed by atoms with Crippen molar-refractivity contribution in [3.8, 4) is 0 Å². The Bertz CT molecular complexity index is 341. The predicted octanol–water partition coefficient (Wildman–Crippen LogP) is 3.33. The molecule has 2 heteroatoms. The van der Waals surface area contributed by atoms with E-state index in [1.807, 2.05) is 0 Å². The molecule has 1 unspecified atom stereocenters. The third-order valence-electron chi connectivity index (χ3n) is 3.93. The van der Waals surface area contributed by atoms with Gasteiger partial charge in [-0.3, -0.25) is 0 Å². The summed E-state index contributed by atoms with van der Waals surface area (Å²) in [6, 6.07) is 9.62. The molecule has 2 nitrogen and oxygen atoms in total. The van der Waals surface area contributed by atoms with Gasteiger partial charge in [-0.05, 0) is 43.4 Å². The molecule has 0 radical (unpaired) electrons. The summed E-state index contributed by atoms with van der Waals surface area (Å²) in [6.07, 6.45) is 4.74. The number of ether oxygens (including phenoxy) is 1. The highest BCUT2D eigenvalue weighted by molar-refractivity contribution is 5.25. The molecule has 1 aliphatic heterocycles. The maximum Gasteiger partial charge on any atom is 0.0469 e. The highest BCUT2D eigenvalue weighted by Gasteiger charge is 2.23. The van der Waals surface area contributed by atoms with Crippen LogP contribution in [-0.2, 0) is 11.2 Å². The molecule has 1 aromatic carbocycles. The first-order chi connectivity index (χ1) is 8.85. The zero-order valence-corrected chi connectivity index (χ0v) is 11.6. The van der Waals surface area contributed by atoms with Crippen molar-refractivity contribution >= 4 is 0 Å². The van der Waals surface area contributed by atoms with E-state index in [4.69, 9.17) is 4.74 Å². The Hall–Kier alpha value is -0.860. The average molecular weight is 247 g/mol. The minimum atomic E-state index is 0.476. The van der Waals surface area contributed by atoms with Gasteiger partial charge in [0.2, 0.25) is 0 Å². The maximum atomic E-state index is 5.45. The lowest BCUT2D eigenvalue weighted by Gasteiger charge is -2.30. The molecular weight excluding hydrogens is 222 g/mol. The van der Waals surface area contributed by atoms with E-state index in [2.05, 4.69) is 43.6 Å². The second kappa shape index (κ2) is 6.91. The molecule has 1 N–H and O–H groups in total. The summed E-state index contributed by atoms with van der Waals surface area (Å²) in [5.41, 5.74) is 2.87. The summed E-state index contributed by atoms with van der Waals surface area (Å²) in [4.78, 5) is 0. The van der Waals surface area contributed by atoms with Gasteiger partial charge in [0.15, 0.2) is 0 Å². The minimum Gasteiger partial charge on any atom is -0.381 e. The van der Waals surface area contributed by atoms with Gasteiger partial charge >= 0.3 is 0 Å². The van der Waals surface area contributed by atoms with Crippen molar-refractivity contribution in [3.05, 3.63) is 35.4 Å². The van der Waals surface area contributed by atoms with E-state index in [1.165, 1.54) is 36.8 Å². The van der Waals surface area contributed by atoms with E-state index >= 15 is 0 Å². The maximum absolute atomic E-state index is 5.45. The van der Waals surface area contributed by atoms with Gasteiger partial charge in [-0.1, -0.05) is 37.6 Å². The summed E-state index contributed by atoms with van der Waals surface area (Å²) in [7, 11) is 2.07. The number of aryl methyl sites for hydroxylation is 1. The number of benzene rings is 1. The van der Waals surface area contributed by atoms with E-state index in [9.17, 15) is 0 Å². The van der Waals surface area contributed by atoms with E-state index < -0.39 is 0 Å². The highest BCUT2D eigenvalue weighted by Crippen LogP contribution is 2.29. The molecule has 0 saturated carbocycles. The SMILES string of the molecule is CCCc1ccc(C(NC)C2CCOCC2)cc1. The Morgan fingerprint density at radius 2 is 1.89 bits per heavy atom. The van der Waals surface area contributed by atoms with Crippen molar-refractivity contribution in [1.29, 1.82) is 0 Å². The van der Waals surface area contributed by atoms with Crippen LogP contribution in [0.15, 0.2) is 24.3 Å². The van der Waals surface area contributed by atoms with Crippen LogP contribution in [0.2, 0.25) is 0 Å². The zero-order valence-electron chi connectivity index (χ0n) is 11.6. The molecule has 1 saturated heterocycles. The van der Waals surface area contributed by atoms with Crippen LogP contribution in [0.1, 0.15) is 43.4 Å². The molecule has 100 valence electrons. The third-order valence-corrected chi connectivity index (χ3v) is 3.93. The Balaban J connectivity index is 2.06. The second-order valence-corrected chi connectivity index (χ2v) is 5.21. The first-order valence-corrected chi connectivity index (χ1v) is 7.19. The first-order valence-electron chi connectivity index (χ1n) is 7.19. The summed E-state index contributed by atoms with van der Waals surface area (Å²) >= 11 is 0.